The molecule has 3 heterocycles. The summed E-state index contributed by atoms with van der Waals surface area (Å²) in [5, 5.41) is 18.1. The molecule has 0 atom stereocenters. The Hall–Kier alpha value is -2.69. The maximum absolute atomic E-state index is 13.0. The predicted octanol–water partition coefficient (Wildman–Crippen LogP) is 0.866. The van der Waals surface area contributed by atoms with E-state index in [0.717, 1.165) is 32.0 Å². The first kappa shape index (κ1) is 16.8. The van der Waals surface area contributed by atoms with Gasteiger partial charge in [0.1, 0.15) is 0 Å². The van der Waals surface area contributed by atoms with Gasteiger partial charge in [-0.2, -0.15) is 5.26 Å². The van der Waals surface area contributed by atoms with Crippen LogP contribution >= 0.6 is 0 Å². The summed E-state index contributed by atoms with van der Waals surface area (Å²) >= 11 is 0. The van der Waals surface area contributed by atoms with E-state index in [-0.39, 0.29) is 17.6 Å². The van der Waals surface area contributed by atoms with E-state index < -0.39 is 0 Å². The second-order valence-electron chi connectivity index (χ2n) is 7.07. The van der Waals surface area contributed by atoms with Gasteiger partial charge in [0.25, 0.3) is 5.56 Å². The molecular weight excluding hydrogens is 332 g/mol. The van der Waals surface area contributed by atoms with Gasteiger partial charge in [0.15, 0.2) is 5.82 Å². The standard InChI is InChI=1S/C19H20N4O3/c20-8-14-3-5-16(6-4-14)23-9-15(2-1-7-24)21-17(18(23)25)22-10-19(11-22)12-26-13-19/h3-6,9,24H,1-2,7,10-13H2. The Labute approximate surface area is 151 Å². The minimum Gasteiger partial charge on any atom is -0.396 e. The second kappa shape index (κ2) is 6.56. The first-order valence-corrected chi connectivity index (χ1v) is 8.71. The lowest BCUT2D eigenvalue weighted by atomic mass is 9.78. The highest BCUT2D eigenvalue weighted by Crippen LogP contribution is 2.38. The van der Waals surface area contributed by atoms with Gasteiger partial charge in [-0.15, -0.1) is 0 Å². The first-order valence-electron chi connectivity index (χ1n) is 8.71. The molecule has 0 bridgehead atoms. The highest BCUT2D eigenvalue weighted by atomic mass is 16.5. The molecule has 1 N–H and O–H groups in total. The summed E-state index contributed by atoms with van der Waals surface area (Å²) < 4.78 is 6.88. The lowest BCUT2D eigenvalue weighted by Gasteiger charge is -2.55. The van der Waals surface area contributed by atoms with Crippen molar-refractivity contribution in [3.05, 3.63) is 52.1 Å². The summed E-state index contributed by atoms with van der Waals surface area (Å²) in [5.74, 6) is 0.447. The molecule has 2 saturated heterocycles. The fourth-order valence-corrected chi connectivity index (χ4v) is 3.49. The molecule has 0 amide bonds. The highest BCUT2D eigenvalue weighted by molar-refractivity contribution is 5.47. The molecule has 0 unspecified atom stereocenters. The third-order valence-electron chi connectivity index (χ3n) is 4.97. The number of aliphatic hydroxyl groups excluding tert-OH is 1. The summed E-state index contributed by atoms with van der Waals surface area (Å²) in [6, 6.07) is 8.99. The predicted molar refractivity (Wildman–Crippen MR) is 95.4 cm³/mol. The molecule has 2 fully saturated rings. The van der Waals surface area contributed by atoms with Crippen LogP contribution in [0.4, 0.5) is 5.82 Å². The van der Waals surface area contributed by atoms with Gasteiger partial charge >= 0.3 is 0 Å². The van der Waals surface area contributed by atoms with E-state index in [4.69, 9.17) is 15.1 Å². The van der Waals surface area contributed by atoms with E-state index in [1.807, 2.05) is 4.90 Å². The SMILES string of the molecule is N#Cc1ccc(-n2cc(CCCO)nc(N3CC4(COC4)C3)c2=O)cc1. The largest absolute Gasteiger partial charge is 0.396 e. The average molecular weight is 352 g/mol. The van der Waals surface area contributed by atoms with Gasteiger partial charge in [-0.1, -0.05) is 0 Å². The average Bonchev–Trinajstić information content (AvgIpc) is 2.59. The van der Waals surface area contributed by atoms with Gasteiger partial charge in [-0.25, -0.2) is 4.98 Å². The number of aromatic nitrogens is 2. The second-order valence-corrected chi connectivity index (χ2v) is 7.07. The van der Waals surface area contributed by atoms with Crippen molar-refractivity contribution in [1.82, 2.24) is 9.55 Å². The monoisotopic (exact) mass is 352 g/mol. The van der Waals surface area contributed by atoms with Crippen molar-refractivity contribution >= 4 is 5.82 Å². The van der Waals surface area contributed by atoms with Gasteiger partial charge in [-0.3, -0.25) is 9.36 Å². The summed E-state index contributed by atoms with van der Waals surface area (Å²) in [7, 11) is 0. The molecule has 7 heteroatoms. The highest BCUT2D eigenvalue weighted by Gasteiger charge is 2.50. The van der Waals surface area contributed by atoms with Crippen LogP contribution in [-0.4, -0.2) is 47.6 Å². The maximum Gasteiger partial charge on any atom is 0.298 e. The van der Waals surface area contributed by atoms with Crippen LogP contribution in [0.2, 0.25) is 0 Å². The molecule has 1 aromatic heterocycles. The molecule has 1 spiro atoms. The maximum atomic E-state index is 13.0. The molecule has 134 valence electrons. The minimum atomic E-state index is -0.169. The zero-order chi connectivity index (χ0) is 18.1. The molecule has 1 aromatic carbocycles. The van der Waals surface area contributed by atoms with Crippen molar-refractivity contribution in [3.63, 3.8) is 0 Å². The molecule has 26 heavy (non-hydrogen) atoms. The third kappa shape index (κ3) is 2.87. The first-order chi connectivity index (χ1) is 12.6. The molecule has 7 nitrogen and oxygen atoms in total. The van der Waals surface area contributed by atoms with Crippen LogP contribution in [0, 0.1) is 16.7 Å². The molecule has 0 aliphatic carbocycles. The number of nitrogens with zero attached hydrogens (tertiary/aromatic N) is 4. The van der Waals surface area contributed by atoms with Crippen LogP contribution in [-0.2, 0) is 11.2 Å². The quantitative estimate of drug-likeness (QED) is 0.858. The van der Waals surface area contributed by atoms with Crippen LogP contribution in [0.15, 0.2) is 35.3 Å². The zero-order valence-electron chi connectivity index (χ0n) is 14.4. The topological polar surface area (TPSA) is 91.4 Å². The lowest BCUT2D eigenvalue weighted by molar-refractivity contribution is -0.127. The minimum absolute atomic E-state index is 0.0805. The normalized spacial score (nSPS) is 17.5. The van der Waals surface area contributed by atoms with E-state index in [1.165, 1.54) is 0 Å². The van der Waals surface area contributed by atoms with Crippen molar-refractivity contribution in [3.8, 4) is 11.8 Å². The summed E-state index contributed by atoms with van der Waals surface area (Å²) in [6.07, 6.45) is 2.92. The Bertz CT molecular complexity index is 902. The molecule has 4 rings (SSSR count). The molecule has 0 radical (unpaired) electrons. The van der Waals surface area contributed by atoms with E-state index in [1.54, 1.807) is 35.0 Å². The number of hydrogen-bond acceptors (Lipinski definition) is 6. The number of ether oxygens (including phenoxy) is 1. The Morgan fingerprint density at radius 3 is 2.58 bits per heavy atom. The molecule has 0 saturated carbocycles. The van der Waals surface area contributed by atoms with Gasteiger partial charge in [0.05, 0.1) is 36.0 Å². The van der Waals surface area contributed by atoms with Crippen LogP contribution in [0.25, 0.3) is 5.69 Å². The molecule has 2 aliphatic heterocycles. The zero-order valence-corrected chi connectivity index (χ0v) is 14.4. The summed E-state index contributed by atoms with van der Waals surface area (Å²) in [4.78, 5) is 19.6. The Kier molecular flexibility index (Phi) is 4.23. The van der Waals surface area contributed by atoms with E-state index in [0.29, 0.717) is 29.9 Å². The molecule has 2 aromatic rings. The van der Waals surface area contributed by atoms with Crippen LogP contribution in [0.1, 0.15) is 17.7 Å². The van der Waals surface area contributed by atoms with Crippen molar-refractivity contribution in [2.75, 3.05) is 37.8 Å². The summed E-state index contributed by atoms with van der Waals surface area (Å²) in [6.45, 7) is 3.14. The fraction of sp³-hybridized carbons (Fsp3) is 0.421. The number of benzene rings is 1. The Morgan fingerprint density at radius 1 is 1.27 bits per heavy atom. The third-order valence-corrected chi connectivity index (χ3v) is 4.97. The van der Waals surface area contributed by atoms with Crippen LogP contribution in [0.3, 0.4) is 0 Å². The number of rotatable bonds is 5. The lowest BCUT2D eigenvalue weighted by Crippen LogP contribution is -2.67. The Balaban J connectivity index is 1.71. The van der Waals surface area contributed by atoms with E-state index >= 15 is 0 Å². The van der Waals surface area contributed by atoms with Crippen molar-refractivity contribution in [2.45, 2.75) is 12.8 Å². The number of anilines is 1. The van der Waals surface area contributed by atoms with Crippen LogP contribution < -0.4 is 10.5 Å². The molecule has 2 aliphatic rings. The van der Waals surface area contributed by atoms with Gasteiger partial charge in [0, 0.05) is 31.6 Å². The van der Waals surface area contributed by atoms with Crippen molar-refractivity contribution in [2.24, 2.45) is 5.41 Å². The van der Waals surface area contributed by atoms with Crippen molar-refractivity contribution in [1.29, 1.82) is 5.26 Å². The fourth-order valence-electron chi connectivity index (χ4n) is 3.49. The van der Waals surface area contributed by atoms with Gasteiger partial charge in [0.2, 0.25) is 0 Å². The van der Waals surface area contributed by atoms with Gasteiger partial charge in [-0.05, 0) is 37.1 Å². The van der Waals surface area contributed by atoms with Crippen molar-refractivity contribution < 1.29 is 9.84 Å². The number of aliphatic hydroxyl groups is 1. The summed E-state index contributed by atoms with van der Waals surface area (Å²) in [5.41, 5.74) is 2.03. The smallest absolute Gasteiger partial charge is 0.298 e. The van der Waals surface area contributed by atoms with Crippen LogP contribution in [0.5, 0.6) is 0 Å². The van der Waals surface area contributed by atoms with E-state index in [2.05, 4.69) is 11.1 Å². The molecular formula is C19H20N4O3. The van der Waals surface area contributed by atoms with E-state index in [9.17, 15) is 4.79 Å². The Morgan fingerprint density at radius 2 is 2.00 bits per heavy atom. The number of hydrogen-bond donors (Lipinski definition) is 1. The number of nitriles is 1. The number of aryl methyl sites for hydroxylation is 1. The van der Waals surface area contributed by atoms with Gasteiger partial charge < -0.3 is 14.7 Å².